The van der Waals surface area contributed by atoms with Crippen molar-refractivity contribution < 1.29 is 19.1 Å². The van der Waals surface area contributed by atoms with E-state index in [0.717, 1.165) is 6.42 Å². The number of aryl methyl sites for hydroxylation is 1. The molecule has 7 nitrogen and oxygen atoms in total. The summed E-state index contributed by atoms with van der Waals surface area (Å²) in [7, 11) is 1.28. The van der Waals surface area contributed by atoms with Crippen LogP contribution in [0.5, 0.6) is 0 Å². The number of hydrogen-bond donors (Lipinski definition) is 2. The third kappa shape index (κ3) is 5.56. The first-order chi connectivity index (χ1) is 12.0. The molecular formula is C18H25N3O4. The second-order valence-electron chi connectivity index (χ2n) is 6.08. The molecule has 1 aromatic carbocycles. The number of rotatable bonds is 7. The summed E-state index contributed by atoms with van der Waals surface area (Å²) in [5, 5.41) is 5.60. The average molecular weight is 347 g/mol. The molecule has 1 atom stereocenters. The van der Waals surface area contributed by atoms with Gasteiger partial charge in [0.2, 0.25) is 11.8 Å². The molecule has 2 N–H and O–H groups in total. The molecule has 0 bridgehead atoms. The molecule has 2 amide bonds. The Morgan fingerprint density at radius 2 is 2.12 bits per heavy atom. The van der Waals surface area contributed by atoms with Crippen LogP contribution < -0.4 is 10.6 Å². The number of amides is 2. The van der Waals surface area contributed by atoms with Gasteiger partial charge in [-0.2, -0.15) is 0 Å². The average Bonchev–Trinajstić information content (AvgIpc) is 2.59. The lowest BCUT2D eigenvalue weighted by molar-refractivity contribution is -0.146. The molecule has 136 valence electrons. The number of esters is 1. The van der Waals surface area contributed by atoms with E-state index >= 15 is 0 Å². The second-order valence-corrected chi connectivity index (χ2v) is 6.08. The van der Waals surface area contributed by atoms with Gasteiger partial charge in [0.1, 0.15) is 6.04 Å². The molecule has 1 heterocycles. The van der Waals surface area contributed by atoms with Gasteiger partial charge in [-0.1, -0.05) is 24.3 Å². The minimum Gasteiger partial charge on any atom is -0.469 e. The maximum atomic E-state index is 12.2. The number of carbonyl (C=O) groups is 3. The molecule has 1 fully saturated rings. The van der Waals surface area contributed by atoms with Crippen molar-refractivity contribution in [1.82, 2.24) is 15.5 Å². The molecule has 0 spiro atoms. The summed E-state index contributed by atoms with van der Waals surface area (Å²) in [5.41, 5.74) is 2.39. The van der Waals surface area contributed by atoms with E-state index in [0.29, 0.717) is 19.6 Å². The molecule has 0 radical (unpaired) electrons. The van der Waals surface area contributed by atoms with Crippen molar-refractivity contribution in [3.05, 3.63) is 35.4 Å². The standard InChI is InChI=1S/C18H25N3O4/c1-13-5-3-4-6-14(13)7-8-19-16(22)12-21-10-9-20-18(24)15(21)11-17(23)25-2/h3-6,15H,7-12H2,1-2H3,(H,19,22)(H,20,24). The van der Waals surface area contributed by atoms with Crippen LogP contribution >= 0.6 is 0 Å². The molecule has 0 saturated carbocycles. The largest absolute Gasteiger partial charge is 0.469 e. The first kappa shape index (κ1) is 18.9. The van der Waals surface area contributed by atoms with Gasteiger partial charge in [0.15, 0.2) is 0 Å². The highest BCUT2D eigenvalue weighted by atomic mass is 16.5. The van der Waals surface area contributed by atoms with Crippen LogP contribution in [0, 0.1) is 6.92 Å². The zero-order valence-corrected chi connectivity index (χ0v) is 14.7. The van der Waals surface area contributed by atoms with E-state index in [2.05, 4.69) is 15.4 Å². The maximum absolute atomic E-state index is 12.2. The van der Waals surface area contributed by atoms with Gasteiger partial charge in [0.05, 0.1) is 20.1 Å². The summed E-state index contributed by atoms with van der Waals surface area (Å²) in [5.74, 6) is -0.866. The van der Waals surface area contributed by atoms with Gasteiger partial charge >= 0.3 is 5.97 Å². The normalized spacial score (nSPS) is 17.7. The summed E-state index contributed by atoms with van der Waals surface area (Å²) < 4.78 is 4.63. The molecule has 1 saturated heterocycles. The minimum atomic E-state index is -0.664. The van der Waals surface area contributed by atoms with Crippen molar-refractivity contribution in [1.29, 1.82) is 0 Å². The highest BCUT2D eigenvalue weighted by molar-refractivity contribution is 5.88. The summed E-state index contributed by atoms with van der Waals surface area (Å²) in [6.07, 6.45) is 0.698. The smallest absolute Gasteiger partial charge is 0.307 e. The van der Waals surface area contributed by atoms with Crippen LogP contribution in [0.2, 0.25) is 0 Å². The van der Waals surface area contributed by atoms with Gasteiger partial charge < -0.3 is 15.4 Å². The first-order valence-electron chi connectivity index (χ1n) is 8.41. The van der Waals surface area contributed by atoms with Crippen LogP contribution in [0.15, 0.2) is 24.3 Å². The molecule has 25 heavy (non-hydrogen) atoms. The lowest BCUT2D eigenvalue weighted by Crippen LogP contribution is -2.58. The number of nitrogens with one attached hydrogen (secondary N) is 2. The number of methoxy groups -OCH3 is 1. The number of ether oxygens (including phenoxy) is 1. The zero-order chi connectivity index (χ0) is 18.2. The molecule has 1 aromatic rings. The van der Waals surface area contributed by atoms with Crippen molar-refractivity contribution in [3.8, 4) is 0 Å². The Bertz CT molecular complexity index is 633. The Hall–Kier alpha value is -2.41. The molecular weight excluding hydrogens is 322 g/mol. The van der Waals surface area contributed by atoms with E-state index in [1.54, 1.807) is 4.90 Å². The Morgan fingerprint density at radius 1 is 1.36 bits per heavy atom. The van der Waals surface area contributed by atoms with Crippen molar-refractivity contribution >= 4 is 17.8 Å². The Labute approximate surface area is 147 Å². The van der Waals surface area contributed by atoms with E-state index in [4.69, 9.17) is 0 Å². The maximum Gasteiger partial charge on any atom is 0.307 e. The van der Waals surface area contributed by atoms with Gasteiger partial charge in [0.25, 0.3) is 0 Å². The molecule has 0 aromatic heterocycles. The Balaban J connectivity index is 1.84. The predicted molar refractivity (Wildman–Crippen MR) is 92.9 cm³/mol. The molecule has 1 aliphatic rings. The van der Waals surface area contributed by atoms with E-state index in [1.165, 1.54) is 18.2 Å². The summed E-state index contributed by atoms with van der Waals surface area (Å²) in [6.45, 7) is 3.65. The highest BCUT2D eigenvalue weighted by Gasteiger charge is 2.32. The van der Waals surface area contributed by atoms with Crippen LogP contribution in [-0.2, 0) is 25.5 Å². The lowest BCUT2D eigenvalue weighted by Gasteiger charge is -2.33. The van der Waals surface area contributed by atoms with Gasteiger partial charge in [0, 0.05) is 19.6 Å². The van der Waals surface area contributed by atoms with Gasteiger partial charge in [-0.3, -0.25) is 19.3 Å². The summed E-state index contributed by atoms with van der Waals surface area (Å²) in [4.78, 5) is 37.4. The highest BCUT2D eigenvalue weighted by Crippen LogP contribution is 2.10. The second kappa shape index (κ2) is 9.17. The van der Waals surface area contributed by atoms with E-state index in [-0.39, 0.29) is 24.8 Å². The first-order valence-corrected chi connectivity index (χ1v) is 8.41. The fourth-order valence-corrected chi connectivity index (χ4v) is 2.88. The minimum absolute atomic E-state index is 0.0567. The molecule has 1 unspecified atom stereocenters. The third-order valence-corrected chi connectivity index (χ3v) is 4.35. The van der Waals surface area contributed by atoms with E-state index in [1.807, 2.05) is 31.2 Å². The topological polar surface area (TPSA) is 87.7 Å². The van der Waals surface area contributed by atoms with Crippen molar-refractivity contribution in [3.63, 3.8) is 0 Å². The number of hydrogen-bond acceptors (Lipinski definition) is 5. The monoisotopic (exact) mass is 347 g/mol. The SMILES string of the molecule is COC(=O)CC1C(=O)NCCN1CC(=O)NCCc1ccccc1C. The Kier molecular flexibility index (Phi) is 6.94. The number of benzene rings is 1. The van der Waals surface area contributed by atoms with Crippen LogP contribution in [0.1, 0.15) is 17.5 Å². The van der Waals surface area contributed by atoms with Crippen molar-refractivity contribution in [2.45, 2.75) is 25.8 Å². The summed E-state index contributed by atoms with van der Waals surface area (Å²) in [6, 6.07) is 7.39. The molecule has 1 aliphatic heterocycles. The zero-order valence-electron chi connectivity index (χ0n) is 14.7. The van der Waals surface area contributed by atoms with Crippen LogP contribution in [-0.4, -0.2) is 62.0 Å². The van der Waals surface area contributed by atoms with Gasteiger partial charge in [-0.05, 0) is 24.5 Å². The summed E-state index contributed by atoms with van der Waals surface area (Å²) >= 11 is 0. The number of piperazine rings is 1. The van der Waals surface area contributed by atoms with Crippen LogP contribution in [0.3, 0.4) is 0 Å². The molecule has 0 aliphatic carbocycles. The van der Waals surface area contributed by atoms with Crippen molar-refractivity contribution in [2.24, 2.45) is 0 Å². The third-order valence-electron chi connectivity index (χ3n) is 4.35. The predicted octanol–water partition coefficient (Wildman–Crippen LogP) is 0.0172. The fraction of sp³-hybridized carbons (Fsp3) is 0.500. The van der Waals surface area contributed by atoms with E-state index < -0.39 is 12.0 Å². The number of nitrogens with zero attached hydrogens (tertiary/aromatic N) is 1. The molecule has 2 rings (SSSR count). The van der Waals surface area contributed by atoms with Gasteiger partial charge in [-0.15, -0.1) is 0 Å². The fourth-order valence-electron chi connectivity index (χ4n) is 2.88. The molecule has 7 heteroatoms. The Morgan fingerprint density at radius 3 is 2.84 bits per heavy atom. The van der Waals surface area contributed by atoms with Crippen LogP contribution in [0.25, 0.3) is 0 Å². The number of carbonyl (C=O) groups excluding carboxylic acids is 3. The van der Waals surface area contributed by atoms with Crippen LogP contribution in [0.4, 0.5) is 0 Å². The van der Waals surface area contributed by atoms with Crippen molar-refractivity contribution in [2.75, 3.05) is 33.3 Å². The van der Waals surface area contributed by atoms with Gasteiger partial charge in [-0.25, -0.2) is 0 Å². The van der Waals surface area contributed by atoms with E-state index in [9.17, 15) is 14.4 Å². The lowest BCUT2D eigenvalue weighted by atomic mass is 10.1. The quantitative estimate of drug-likeness (QED) is 0.679.